The Bertz CT molecular complexity index is 461. The molecule has 20 heavy (non-hydrogen) atoms. The van der Waals surface area contributed by atoms with Gasteiger partial charge in [-0.1, -0.05) is 30.6 Å². The van der Waals surface area contributed by atoms with E-state index in [1.54, 1.807) is 0 Å². The number of hydrogen-bond acceptors (Lipinski definition) is 4. The average Bonchev–Trinajstić information content (AvgIpc) is 2.75. The number of aryl methyl sites for hydroxylation is 1. The molecule has 0 bridgehead atoms. The number of aliphatic hydroxyl groups is 1. The van der Waals surface area contributed by atoms with Crippen LogP contribution in [0, 0.1) is 6.92 Å². The van der Waals surface area contributed by atoms with Crippen LogP contribution in [0.25, 0.3) is 0 Å². The number of thiazole rings is 1. The van der Waals surface area contributed by atoms with Crippen molar-refractivity contribution >= 4 is 11.3 Å². The fourth-order valence-electron chi connectivity index (χ4n) is 3.11. The molecule has 1 heterocycles. The smallest absolute Gasteiger partial charge is 0.307 e. The fraction of sp³-hybridized carbons (Fsp3) is 0.800. The van der Waals surface area contributed by atoms with E-state index < -0.39 is 0 Å². The van der Waals surface area contributed by atoms with Crippen molar-refractivity contribution < 1.29 is 5.11 Å². The van der Waals surface area contributed by atoms with E-state index in [-0.39, 0.29) is 11.0 Å². The number of nitrogens with zero attached hydrogens (tertiary/aromatic N) is 2. The molecular formula is C15H26N2O2S. The van der Waals surface area contributed by atoms with Crippen molar-refractivity contribution in [2.24, 2.45) is 0 Å². The second-order valence-corrected chi connectivity index (χ2v) is 6.75. The molecule has 0 aromatic carbocycles. The summed E-state index contributed by atoms with van der Waals surface area (Å²) in [5, 5.41) is 11.6. The highest BCUT2D eigenvalue weighted by molar-refractivity contribution is 7.07. The van der Waals surface area contributed by atoms with Gasteiger partial charge in [-0.25, -0.2) is 0 Å². The minimum absolute atomic E-state index is 0.128. The molecule has 1 fully saturated rings. The topological polar surface area (TPSA) is 45.5 Å². The van der Waals surface area contributed by atoms with Crippen LogP contribution in [0.1, 0.15) is 44.7 Å². The van der Waals surface area contributed by atoms with Gasteiger partial charge < -0.3 is 9.67 Å². The molecule has 1 aliphatic rings. The summed E-state index contributed by atoms with van der Waals surface area (Å²) < 4.78 is 1.85. The highest BCUT2D eigenvalue weighted by Crippen LogP contribution is 2.22. The first kappa shape index (κ1) is 15.7. The molecule has 1 saturated carbocycles. The normalized spacial score (nSPS) is 18.6. The SMILES string of the molecule is Cc1csc(=O)n1CCN(CC(C)O)C1CCCCC1. The van der Waals surface area contributed by atoms with E-state index in [4.69, 9.17) is 0 Å². The Morgan fingerprint density at radius 3 is 2.70 bits per heavy atom. The van der Waals surface area contributed by atoms with E-state index in [1.165, 1.54) is 43.4 Å². The van der Waals surface area contributed by atoms with Gasteiger partial charge in [0.1, 0.15) is 0 Å². The maximum Gasteiger partial charge on any atom is 0.307 e. The molecule has 0 spiro atoms. The lowest BCUT2D eigenvalue weighted by Crippen LogP contribution is -2.43. The van der Waals surface area contributed by atoms with Gasteiger partial charge in [-0.3, -0.25) is 9.69 Å². The van der Waals surface area contributed by atoms with Crippen LogP contribution >= 0.6 is 11.3 Å². The Balaban J connectivity index is 1.98. The lowest BCUT2D eigenvalue weighted by atomic mass is 9.94. The van der Waals surface area contributed by atoms with Crippen LogP contribution in [0.4, 0.5) is 0 Å². The van der Waals surface area contributed by atoms with Gasteiger partial charge >= 0.3 is 4.87 Å². The Kier molecular flexibility index (Phi) is 5.81. The molecule has 2 rings (SSSR count). The predicted octanol–water partition coefficient (Wildman–Crippen LogP) is 2.23. The monoisotopic (exact) mass is 298 g/mol. The molecule has 0 radical (unpaired) electrons. The third-order valence-corrected chi connectivity index (χ3v) is 5.06. The van der Waals surface area contributed by atoms with Crippen LogP contribution in [0.3, 0.4) is 0 Å². The molecule has 0 saturated heterocycles. The van der Waals surface area contributed by atoms with Gasteiger partial charge in [-0.05, 0) is 26.7 Å². The van der Waals surface area contributed by atoms with Gasteiger partial charge in [-0.15, -0.1) is 0 Å². The summed E-state index contributed by atoms with van der Waals surface area (Å²) in [6.45, 7) is 6.13. The van der Waals surface area contributed by atoms with Crippen LogP contribution < -0.4 is 4.87 Å². The molecule has 1 aromatic heterocycles. The zero-order chi connectivity index (χ0) is 14.5. The molecule has 1 unspecified atom stereocenters. The lowest BCUT2D eigenvalue weighted by Gasteiger charge is -2.35. The van der Waals surface area contributed by atoms with Crippen LogP contribution in [-0.4, -0.2) is 39.8 Å². The summed E-state index contributed by atoms with van der Waals surface area (Å²) in [6.07, 6.45) is 6.06. The van der Waals surface area contributed by atoms with Gasteiger partial charge in [0.05, 0.1) is 6.10 Å². The zero-order valence-electron chi connectivity index (χ0n) is 12.5. The minimum Gasteiger partial charge on any atom is -0.392 e. The first-order chi connectivity index (χ1) is 9.58. The van der Waals surface area contributed by atoms with Crippen LogP contribution in [0.5, 0.6) is 0 Å². The molecule has 1 aliphatic carbocycles. The lowest BCUT2D eigenvalue weighted by molar-refractivity contribution is 0.0794. The molecule has 114 valence electrons. The standard InChI is InChI=1S/C15H26N2O2S/c1-12-11-20-15(19)17(12)9-8-16(10-13(2)18)14-6-4-3-5-7-14/h11,13-14,18H,3-10H2,1-2H3. The number of aliphatic hydroxyl groups excluding tert-OH is 1. The third kappa shape index (κ3) is 4.17. The summed E-state index contributed by atoms with van der Waals surface area (Å²) >= 11 is 1.27. The van der Waals surface area contributed by atoms with E-state index in [0.717, 1.165) is 18.8 Å². The van der Waals surface area contributed by atoms with Crippen LogP contribution in [0.2, 0.25) is 0 Å². The molecule has 4 nitrogen and oxygen atoms in total. The third-order valence-electron chi connectivity index (χ3n) is 4.18. The number of hydrogen-bond donors (Lipinski definition) is 1. The Hall–Kier alpha value is -0.650. The first-order valence-corrected chi connectivity index (χ1v) is 8.53. The Morgan fingerprint density at radius 1 is 1.45 bits per heavy atom. The molecule has 0 aliphatic heterocycles. The molecule has 0 amide bonds. The van der Waals surface area contributed by atoms with Crippen LogP contribution in [0.15, 0.2) is 10.2 Å². The molecule has 5 heteroatoms. The number of rotatable bonds is 6. The zero-order valence-corrected chi connectivity index (χ0v) is 13.4. The molecule has 1 N–H and O–H groups in total. The van der Waals surface area contributed by atoms with Gasteiger partial charge in [0, 0.05) is 36.8 Å². The van der Waals surface area contributed by atoms with Gasteiger partial charge in [0.2, 0.25) is 0 Å². The van der Waals surface area contributed by atoms with Crippen molar-refractivity contribution in [3.63, 3.8) is 0 Å². The highest BCUT2D eigenvalue weighted by atomic mass is 32.1. The van der Waals surface area contributed by atoms with Crippen molar-refractivity contribution in [3.05, 3.63) is 20.7 Å². The summed E-state index contributed by atoms with van der Waals surface area (Å²) in [5.41, 5.74) is 1.04. The largest absolute Gasteiger partial charge is 0.392 e. The number of aromatic nitrogens is 1. The van der Waals surface area contributed by atoms with Crippen molar-refractivity contribution in [2.75, 3.05) is 13.1 Å². The summed E-state index contributed by atoms with van der Waals surface area (Å²) in [7, 11) is 0. The maximum atomic E-state index is 11.8. The first-order valence-electron chi connectivity index (χ1n) is 7.65. The minimum atomic E-state index is -0.308. The van der Waals surface area contributed by atoms with E-state index in [9.17, 15) is 9.90 Å². The van der Waals surface area contributed by atoms with E-state index >= 15 is 0 Å². The Labute approximate surface area is 125 Å². The van der Waals surface area contributed by atoms with Crippen molar-refractivity contribution in [2.45, 2.75) is 64.6 Å². The fourth-order valence-corrected chi connectivity index (χ4v) is 3.87. The van der Waals surface area contributed by atoms with Gasteiger partial charge in [-0.2, -0.15) is 0 Å². The second-order valence-electron chi connectivity index (χ2n) is 5.93. The van der Waals surface area contributed by atoms with Gasteiger partial charge in [0.25, 0.3) is 0 Å². The summed E-state index contributed by atoms with van der Waals surface area (Å²) in [6, 6.07) is 0.577. The van der Waals surface area contributed by atoms with Crippen molar-refractivity contribution in [1.29, 1.82) is 0 Å². The summed E-state index contributed by atoms with van der Waals surface area (Å²) in [5.74, 6) is 0. The molecular weight excluding hydrogens is 272 g/mol. The summed E-state index contributed by atoms with van der Waals surface area (Å²) in [4.78, 5) is 14.3. The molecule has 1 atom stereocenters. The second kappa shape index (κ2) is 7.38. The van der Waals surface area contributed by atoms with E-state index in [2.05, 4.69) is 4.90 Å². The van der Waals surface area contributed by atoms with E-state index in [1.807, 2.05) is 23.8 Å². The van der Waals surface area contributed by atoms with Crippen molar-refractivity contribution in [1.82, 2.24) is 9.47 Å². The van der Waals surface area contributed by atoms with Gasteiger partial charge in [0.15, 0.2) is 0 Å². The molecule has 1 aromatic rings. The average molecular weight is 298 g/mol. The quantitative estimate of drug-likeness (QED) is 0.876. The van der Waals surface area contributed by atoms with E-state index in [0.29, 0.717) is 12.6 Å². The highest BCUT2D eigenvalue weighted by Gasteiger charge is 2.22. The predicted molar refractivity (Wildman–Crippen MR) is 83.4 cm³/mol. The Morgan fingerprint density at radius 2 is 2.15 bits per heavy atom. The maximum absolute atomic E-state index is 11.8. The van der Waals surface area contributed by atoms with Crippen LogP contribution in [-0.2, 0) is 6.54 Å². The van der Waals surface area contributed by atoms with Crippen molar-refractivity contribution in [3.8, 4) is 0 Å².